The number of likely N-dealkylation sites (tertiary alicyclic amines) is 1. The SMILES string of the molecule is COc1ccc(Cl)cc1NC(=O)COC(=O)[C@H](Cc1ccccc1)N1C(=O)[C@H]2[C@H]3CC[C@@H](C3)[C@@H]2C1=O. The van der Waals surface area contributed by atoms with Crippen molar-refractivity contribution in [2.75, 3.05) is 19.0 Å². The van der Waals surface area contributed by atoms with Gasteiger partial charge in [-0.1, -0.05) is 41.9 Å². The lowest BCUT2D eigenvalue weighted by atomic mass is 9.81. The highest BCUT2D eigenvalue weighted by Gasteiger charge is 2.62. The van der Waals surface area contributed by atoms with E-state index in [1.165, 1.54) is 13.2 Å². The van der Waals surface area contributed by atoms with Crippen molar-refractivity contribution in [3.8, 4) is 5.75 Å². The summed E-state index contributed by atoms with van der Waals surface area (Å²) >= 11 is 6.01. The van der Waals surface area contributed by atoms with E-state index in [1.54, 1.807) is 12.1 Å². The molecule has 2 aromatic rings. The van der Waals surface area contributed by atoms with E-state index in [1.807, 2.05) is 30.3 Å². The fraction of sp³-hybridized carbons (Fsp3) is 0.407. The first kappa shape index (κ1) is 24.3. The fourth-order valence-corrected chi connectivity index (χ4v) is 6.23. The maximum atomic E-state index is 13.4. The first-order valence-corrected chi connectivity index (χ1v) is 12.5. The van der Waals surface area contributed by atoms with Gasteiger partial charge in [0.1, 0.15) is 11.8 Å². The van der Waals surface area contributed by atoms with Crippen LogP contribution in [0.15, 0.2) is 48.5 Å². The van der Waals surface area contributed by atoms with Gasteiger partial charge >= 0.3 is 5.97 Å². The normalized spacial score (nSPS) is 25.0. The third-order valence-electron chi connectivity index (χ3n) is 7.60. The van der Waals surface area contributed by atoms with Gasteiger partial charge in [0.2, 0.25) is 11.8 Å². The molecule has 0 spiro atoms. The Morgan fingerprint density at radius 2 is 1.72 bits per heavy atom. The van der Waals surface area contributed by atoms with Crippen molar-refractivity contribution in [3.05, 3.63) is 59.1 Å². The predicted octanol–water partition coefficient (Wildman–Crippen LogP) is 3.47. The Labute approximate surface area is 213 Å². The van der Waals surface area contributed by atoms with Crippen LogP contribution < -0.4 is 10.1 Å². The second-order valence-electron chi connectivity index (χ2n) is 9.64. The van der Waals surface area contributed by atoms with Gasteiger partial charge in [-0.15, -0.1) is 0 Å². The van der Waals surface area contributed by atoms with Gasteiger partial charge in [-0.3, -0.25) is 19.3 Å². The molecule has 1 N–H and O–H groups in total. The molecule has 3 amide bonds. The molecule has 1 heterocycles. The molecular weight excluding hydrogens is 484 g/mol. The maximum Gasteiger partial charge on any atom is 0.330 e. The number of methoxy groups -OCH3 is 1. The lowest BCUT2D eigenvalue weighted by molar-refractivity contribution is -0.160. The van der Waals surface area contributed by atoms with Crippen LogP contribution in [-0.2, 0) is 30.3 Å². The lowest BCUT2D eigenvalue weighted by Crippen LogP contribution is -2.48. The van der Waals surface area contributed by atoms with Crippen molar-refractivity contribution in [2.45, 2.75) is 31.7 Å². The molecule has 2 saturated carbocycles. The van der Waals surface area contributed by atoms with Crippen LogP contribution in [0.5, 0.6) is 5.75 Å². The Kier molecular flexibility index (Phi) is 6.71. The van der Waals surface area contributed by atoms with E-state index in [-0.39, 0.29) is 41.9 Å². The van der Waals surface area contributed by atoms with E-state index in [0.29, 0.717) is 16.5 Å². The highest BCUT2D eigenvalue weighted by molar-refractivity contribution is 6.31. The number of hydrogen-bond donors (Lipinski definition) is 1. The Bertz CT molecular complexity index is 1170. The molecule has 3 aliphatic rings. The Morgan fingerprint density at radius 1 is 1.06 bits per heavy atom. The average molecular weight is 511 g/mol. The number of ether oxygens (including phenoxy) is 2. The molecule has 36 heavy (non-hydrogen) atoms. The van der Waals surface area contributed by atoms with Gasteiger partial charge in [0.15, 0.2) is 6.61 Å². The summed E-state index contributed by atoms with van der Waals surface area (Å²) < 4.78 is 10.6. The summed E-state index contributed by atoms with van der Waals surface area (Å²) in [5.41, 5.74) is 1.12. The third-order valence-corrected chi connectivity index (χ3v) is 7.83. The van der Waals surface area contributed by atoms with Gasteiger partial charge in [-0.2, -0.15) is 0 Å². The number of nitrogens with one attached hydrogen (secondary N) is 1. The van der Waals surface area contributed by atoms with Crippen LogP contribution >= 0.6 is 11.6 Å². The number of fused-ring (bicyclic) bond motifs is 5. The highest BCUT2D eigenvalue weighted by Crippen LogP contribution is 2.56. The monoisotopic (exact) mass is 510 g/mol. The molecule has 8 nitrogen and oxygen atoms in total. The zero-order chi connectivity index (χ0) is 25.4. The van der Waals surface area contributed by atoms with Crippen LogP contribution in [0.2, 0.25) is 5.02 Å². The fourth-order valence-electron chi connectivity index (χ4n) is 6.05. The van der Waals surface area contributed by atoms with Crippen LogP contribution in [0.25, 0.3) is 0 Å². The summed E-state index contributed by atoms with van der Waals surface area (Å²) in [4.78, 5) is 53.7. The van der Waals surface area contributed by atoms with Gasteiger partial charge in [0.05, 0.1) is 24.6 Å². The molecule has 9 heteroatoms. The zero-order valence-electron chi connectivity index (χ0n) is 19.8. The second-order valence-corrected chi connectivity index (χ2v) is 10.1. The molecule has 3 fully saturated rings. The van der Waals surface area contributed by atoms with E-state index in [0.717, 1.165) is 29.7 Å². The average Bonchev–Trinajstić information content (AvgIpc) is 3.56. The van der Waals surface area contributed by atoms with Crippen molar-refractivity contribution >= 4 is 41.0 Å². The van der Waals surface area contributed by atoms with Gasteiger partial charge in [0, 0.05) is 11.4 Å². The van der Waals surface area contributed by atoms with Crippen LogP contribution in [0, 0.1) is 23.7 Å². The molecule has 0 unspecified atom stereocenters. The number of imide groups is 1. The predicted molar refractivity (Wildman–Crippen MR) is 131 cm³/mol. The number of hydrogen-bond acceptors (Lipinski definition) is 6. The molecule has 0 aromatic heterocycles. The van der Waals surface area contributed by atoms with E-state index < -0.39 is 24.5 Å². The van der Waals surface area contributed by atoms with Crippen molar-refractivity contribution in [3.63, 3.8) is 0 Å². The van der Waals surface area contributed by atoms with Crippen molar-refractivity contribution in [1.29, 1.82) is 0 Å². The van der Waals surface area contributed by atoms with Crippen molar-refractivity contribution in [2.24, 2.45) is 23.7 Å². The topological polar surface area (TPSA) is 102 Å². The first-order chi connectivity index (χ1) is 17.4. The van der Waals surface area contributed by atoms with Crippen LogP contribution in [-0.4, -0.2) is 48.3 Å². The number of amides is 3. The summed E-state index contributed by atoms with van der Waals surface area (Å²) in [6, 6.07) is 12.8. The first-order valence-electron chi connectivity index (χ1n) is 12.1. The molecule has 0 radical (unpaired) electrons. The van der Waals surface area contributed by atoms with Gasteiger partial charge in [0.25, 0.3) is 5.91 Å². The largest absolute Gasteiger partial charge is 0.495 e. The highest BCUT2D eigenvalue weighted by atomic mass is 35.5. The minimum atomic E-state index is -1.13. The van der Waals surface area contributed by atoms with E-state index in [9.17, 15) is 19.2 Å². The molecule has 2 aromatic carbocycles. The molecule has 1 saturated heterocycles. The number of nitrogens with zero attached hydrogens (tertiary/aromatic N) is 1. The molecule has 1 aliphatic heterocycles. The Balaban J connectivity index is 1.32. The van der Waals surface area contributed by atoms with Crippen molar-refractivity contribution in [1.82, 2.24) is 4.90 Å². The standard InChI is InChI=1S/C27H27ClN2O6/c1-35-21-10-9-18(28)13-19(21)29-22(31)14-36-27(34)20(11-15-5-3-2-4-6-15)30-25(32)23-16-7-8-17(12-16)24(23)26(30)33/h2-6,9-10,13,16-17,20,23-24H,7-8,11-12,14H2,1H3,(H,29,31)/t16-,17-,20-,23-,24-/m0/s1. The molecule has 2 aliphatic carbocycles. The van der Waals surface area contributed by atoms with Gasteiger partial charge < -0.3 is 14.8 Å². The van der Waals surface area contributed by atoms with Crippen LogP contribution in [0.3, 0.4) is 0 Å². The van der Waals surface area contributed by atoms with Gasteiger partial charge in [-0.05, 0) is 54.9 Å². The number of esters is 1. The molecule has 188 valence electrons. The number of carbonyl (C=O) groups excluding carboxylic acids is 4. The molecule has 2 bridgehead atoms. The smallest absolute Gasteiger partial charge is 0.330 e. The Hall–Kier alpha value is -3.39. The second kappa shape index (κ2) is 9.93. The maximum absolute atomic E-state index is 13.4. The Morgan fingerprint density at radius 3 is 2.36 bits per heavy atom. The summed E-state index contributed by atoms with van der Waals surface area (Å²) in [7, 11) is 1.46. The lowest BCUT2D eigenvalue weighted by Gasteiger charge is -2.26. The van der Waals surface area contributed by atoms with Crippen LogP contribution in [0.4, 0.5) is 5.69 Å². The van der Waals surface area contributed by atoms with Crippen molar-refractivity contribution < 1.29 is 28.7 Å². The summed E-state index contributed by atoms with van der Waals surface area (Å²) in [6.07, 6.45) is 2.91. The quantitative estimate of drug-likeness (QED) is 0.431. The third kappa shape index (κ3) is 4.46. The molecule has 5 rings (SSSR count). The number of carbonyl (C=O) groups is 4. The number of halogens is 1. The van der Waals surface area contributed by atoms with E-state index in [2.05, 4.69) is 5.32 Å². The summed E-state index contributed by atoms with van der Waals surface area (Å²) in [5.74, 6) is -1.86. The molecule has 5 atom stereocenters. The zero-order valence-corrected chi connectivity index (χ0v) is 20.6. The number of anilines is 1. The number of rotatable bonds is 8. The number of benzene rings is 2. The van der Waals surface area contributed by atoms with Gasteiger partial charge in [-0.25, -0.2) is 4.79 Å². The summed E-state index contributed by atoms with van der Waals surface area (Å²) in [5, 5.41) is 3.01. The minimum Gasteiger partial charge on any atom is -0.495 e. The summed E-state index contributed by atoms with van der Waals surface area (Å²) in [6.45, 7) is -0.589. The van der Waals surface area contributed by atoms with Crippen LogP contribution in [0.1, 0.15) is 24.8 Å². The minimum absolute atomic E-state index is 0.121. The molecular formula is C27H27ClN2O6. The van der Waals surface area contributed by atoms with E-state index in [4.69, 9.17) is 21.1 Å². The van der Waals surface area contributed by atoms with E-state index >= 15 is 0 Å².